The van der Waals surface area contributed by atoms with Crippen molar-refractivity contribution in [2.24, 2.45) is 0 Å². The first kappa shape index (κ1) is 12.5. The molecule has 0 heteroatoms. The van der Waals surface area contributed by atoms with Crippen LogP contribution < -0.4 is 0 Å². The van der Waals surface area contributed by atoms with E-state index in [0.29, 0.717) is 0 Å². The second-order valence-electron chi connectivity index (χ2n) is 3.43. The first-order valence-corrected chi connectivity index (χ1v) is 5.48. The molecule has 0 bridgehead atoms. The van der Waals surface area contributed by atoms with Gasteiger partial charge in [0.15, 0.2) is 0 Å². The molecule has 0 amide bonds. The van der Waals surface area contributed by atoms with Crippen LogP contribution in [0.5, 0.6) is 0 Å². The van der Waals surface area contributed by atoms with Gasteiger partial charge in [-0.3, -0.25) is 0 Å². The molecule has 0 aromatic rings. The van der Waals surface area contributed by atoms with Gasteiger partial charge in [-0.05, 0) is 12.8 Å². The maximum Gasteiger partial charge on any atom is -0.0348 e. The molecule has 0 rings (SSSR count). The van der Waals surface area contributed by atoms with E-state index in [2.05, 4.69) is 19.6 Å². The normalized spacial score (nSPS) is 10.8. The Labute approximate surface area is 83.7 Å². The van der Waals surface area contributed by atoms with Gasteiger partial charge < -0.3 is 0 Å². The summed E-state index contributed by atoms with van der Waals surface area (Å²) >= 11 is 0. The Morgan fingerprint density at radius 1 is 0.846 bits per heavy atom. The van der Waals surface area contributed by atoms with Crippen molar-refractivity contribution in [2.75, 3.05) is 0 Å². The van der Waals surface area contributed by atoms with Crippen LogP contribution in [0.2, 0.25) is 0 Å². The van der Waals surface area contributed by atoms with Gasteiger partial charge in [-0.15, -0.1) is 0 Å². The van der Waals surface area contributed by atoms with Crippen LogP contribution in [0.25, 0.3) is 0 Å². The molecular formula is C13H23. The fourth-order valence-corrected chi connectivity index (χ4v) is 1.34. The molecule has 0 aliphatic heterocycles. The zero-order valence-corrected chi connectivity index (χ0v) is 8.80. The number of hydrogen-bond donors (Lipinski definition) is 0. The average molecular weight is 179 g/mol. The first-order valence-electron chi connectivity index (χ1n) is 5.48. The standard InChI is InChI=1S/C13H23/c1-3-5-7-9-11-13-12-10-8-6-4-2/h3,5,7H,1-2,4,6,8-13H2/b7-5+. The molecule has 75 valence electrons. The van der Waals surface area contributed by atoms with E-state index in [1.807, 2.05) is 12.2 Å². The molecule has 0 aromatic heterocycles. The van der Waals surface area contributed by atoms with Crippen LogP contribution in [-0.4, -0.2) is 0 Å². The van der Waals surface area contributed by atoms with E-state index in [4.69, 9.17) is 0 Å². The fraction of sp³-hybridized carbons (Fsp3) is 0.615. The minimum absolute atomic E-state index is 1.10. The highest BCUT2D eigenvalue weighted by atomic mass is 13.9. The zero-order chi connectivity index (χ0) is 9.78. The van der Waals surface area contributed by atoms with E-state index in [9.17, 15) is 0 Å². The van der Waals surface area contributed by atoms with Crippen molar-refractivity contribution in [3.05, 3.63) is 31.7 Å². The number of rotatable bonds is 9. The summed E-state index contributed by atoms with van der Waals surface area (Å²) < 4.78 is 0. The molecule has 0 heterocycles. The van der Waals surface area contributed by atoms with Crippen molar-refractivity contribution in [2.45, 2.75) is 51.4 Å². The van der Waals surface area contributed by atoms with Gasteiger partial charge >= 0.3 is 0 Å². The quantitative estimate of drug-likeness (QED) is 0.356. The Balaban J connectivity index is 2.91. The van der Waals surface area contributed by atoms with Gasteiger partial charge in [0, 0.05) is 0 Å². The summed E-state index contributed by atoms with van der Waals surface area (Å²) in [4.78, 5) is 0. The van der Waals surface area contributed by atoms with E-state index in [1.165, 1.54) is 44.9 Å². The Hall–Kier alpha value is -0.520. The van der Waals surface area contributed by atoms with Crippen molar-refractivity contribution < 1.29 is 0 Å². The van der Waals surface area contributed by atoms with Crippen molar-refractivity contribution in [3.63, 3.8) is 0 Å². The van der Waals surface area contributed by atoms with Crippen LogP contribution in [0.15, 0.2) is 24.8 Å². The largest absolute Gasteiger partial charge is 0.0991 e. The lowest BCUT2D eigenvalue weighted by molar-refractivity contribution is 0.599. The predicted octanol–water partition coefficient (Wildman–Crippen LogP) is 4.68. The van der Waals surface area contributed by atoms with Crippen LogP contribution in [0, 0.1) is 6.92 Å². The average Bonchev–Trinajstić information content (AvgIpc) is 2.16. The SMILES string of the molecule is [CH2]CCCCCCCC/C=C/C=C. The van der Waals surface area contributed by atoms with Crippen LogP contribution in [0.1, 0.15) is 51.4 Å². The summed E-state index contributed by atoms with van der Waals surface area (Å²) in [7, 11) is 0. The van der Waals surface area contributed by atoms with Crippen LogP contribution in [-0.2, 0) is 0 Å². The molecule has 0 aromatic carbocycles. The topological polar surface area (TPSA) is 0 Å². The third-order valence-corrected chi connectivity index (χ3v) is 2.14. The zero-order valence-electron chi connectivity index (χ0n) is 8.80. The van der Waals surface area contributed by atoms with Crippen LogP contribution in [0.3, 0.4) is 0 Å². The number of unbranched alkanes of at least 4 members (excludes halogenated alkanes) is 7. The summed E-state index contributed by atoms with van der Waals surface area (Å²) in [5.41, 5.74) is 0. The first-order chi connectivity index (χ1) is 6.41. The van der Waals surface area contributed by atoms with Gasteiger partial charge in [-0.25, -0.2) is 0 Å². The van der Waals surface area contributed by atoms with Gasteiger partial charge in [0.05, 0.1) is 0 Å². The van der Waals surface area contributed by atoms with E-state index in [1.54, 1.807) is 0 Å². The summed E-state index contributed by atoms with van der Waals surface area (Å²) in [5.74, 6) is 0. The van der Waals surface area contributed by atoms with Crippen molar-refractivity contribution in [1.29, 1.82) is 0 Å². The highest BCUT2D eigenvalue weighted by Crippen LogP contribution is 2.08. The lowest BCUT2D eigenvalue weighted by atomic mass is 10.1. The van der Waals surface area contributed by atoms with E-state index in [0.717, 1.165) is 6.42 Å². The molecule has 0 N–H and O–H groups in total. The lowest BCUT2D eigenvalue weighted by Crippen LogP contribution is -1.78. The van der Waals surface area contributed by atoms with E-state index < -0.39 is 0 Å². The molecule has 0 saturated heterocycles. The summed E-state index contributed by atoms with van der Waals surface area (Å²) in [6.45, 7) is 7.47. The van der Waals surface area contributed by atoms with Gasteiger partial charge in [0.1, 0.15) is 0 Å². The summed E-state index contributed by atoms with van der Waals surface area (Å²) in [6, 6.07) is 0. The molecule has 0 aliphatic carbocycles. The molecule has 0 spiro atoms. The van der Waals surface area contributed by atoms with E-state index in [-0.39, 0.29) is 0 Å². The Kier molecular flexibility index (Phi) is 11.0. The molecule has 0 nitrogen and oxygen atoms in total. The maximum absolute atomic E-state index is 3.83. The molecule has 1 radical (unpaired) electrons. The monoisotopic (exact) mass is 179 g/mol. The second-order valence-corrected chi connectivity index (χ2v) is 3.43. The third-order valence-electron chi connectivity index (χ3n) is 2.14. The Bertz CT molecular complexity index is 122. The second kappa shape index (κ2) is 11.5. The van der Waals surface area contributed by atoms with Crippen molar-refractivity contribution >= 4 is 0 Å². The summed E-state index contributed by atoms with van der Waals surface area (Å²) in [6.07, 6.45) is 16.5. The summed E-state index contributed by atoms with van der Waals surface area (Å²) in [5, 5.41) is 0. The smallest absolute Gasteiger partial charge is 0.0348 e. The van der Waals surface area contributed by atoms with Gasteiger partial charge in [0.25, 0.3) is 0 Å². The molecule has 13 heavy (non-hydrogen) atoms. The molecule has 0 aliphatic rings. The molecular weight excluding hydrogens is 156 g/mol. The highest BCUT2D eigenvalue weighted by Gasteiger charge is 1.88. The van der Waals surface area contributed by atoms with Gasteiger partial charge in [-0.1, -0.05) is 70.3 Å². The van der Waals surface area contributed by atoms with Crippen LogP contribution in [0.4, 0.5) is 0 Å². The lowest BCUT2D eigenvalue weighted by Gasteiger charge is -1.98. The van der Waals surface area contributed by atoms with E-state index >= 15 is 0 Å². The molecule has 0 saturated carbocycles. The van der Waals surface area contributed by atoms with Gasteiger partial charge in [-0.2, -0.15) is 0 Å². The predicted molar refractivity (Wildman–Crippen MR) is 61.6 cm³/mol. The maximum atomic E-state index is 3.83. The highest BCUT2D eigenvalue weighted by molar-refractivity contribution is 4.96. The Morgan fingerprint density at radius 2 is 1.46 bits per heavy atom. The number of allylic oxidation sites excluding steroid dienone is 3. The van der Waals surface area contributed by atoms with Crippen molar-refractivity contribution in [1.82, 2.24) is 0 Å². The molecule has 0 atom stereocenters. The molecule has 0 fully saturated rings. The van der Waals surface area contributed by atoms with Crippen molar-refractivity contribution in [3.8, 4) is 0 Å². The third kappa shape index (κ3) is 11.5. The number of hydrogen-bond acceptors (Lipinski definition) is 0. The Morgan fingerprint density at radius 3 is 2.08 bits per heavy atom. The fourth-order valence-electron chi connectivity index (χ4n) is 1.34. The van der Waals surface area contributed by atoms with Crippen LogP contribution >= 0.6 is 0 Å². The van der Waals surface area contributed by atoms with Gasteiger partial charge in [0.2, 0.25) is 0 Å². The minimum Gasteiger partial charge on any atom is -0.0991 e. The minimum atomic E-state index is 1.10. The molecule has 0 unspecified atom stereocenters.